The molecule has 0 aliphatic carbocycles. The normalized spacial score (nSPS) is 15.5. The monoisotopic (exact) mass is 227 g/mol. The number of anilines is 1. The third-order valence-electron chi connectivity index (χ3n) is 3.36. The maximum Gasteiger partial charge on any atom is 0.136 e. The van der Waals surface area contributed by atoms with E-state index in [0.717, 1.165) is 24.6 Å². The topological polar surface area (TPSA) is 16.4 Å². The number of hydrogen-bond donors (Lipinski definition) is 0. The zero-order chi connectivity index (χ0) is 11.7. The van der Waals surface area contributed by atoms with Gasteiger partial charge in [-0.25, -0.2) is 0 Å². The van der Waals surface area contributed by atoms with E-state index < -0.39 is 0 Å². The van der Waals surface area contributed by atoms with Crippen LogP contribution in [0.5, 0.6) is 0 Å². The van der Waals surface area contributed by atoms with Crippen molar-refractivity contribution in [2.75, 3.05) is 18.0 Å². The molecule has 0 spiro atoms. The molecule has 2 nitrogen and oxygen atoms in total. The highest BCUT2D eigenvalue weighted by Crippen LogP contribution is 2.33. The number of furan rings is 1. The van der Waals surface area contributed by atoms with Crippen LogP contribution in [0.25, 0.3) is 11.3 Å². The molecule has 1 aliphatic rings. The second-order valence-corrected chi connectivity index (χ2v) is 4.62. The molecule has 3 rings (SSSR count). The standard InChI is InChI=1S/C15H17NO/c1-12-8-9-15(17-12)13-6-2-3-7-14(13)16-10-4-5-11-16/h2-3,6-9H,4-5,10-11H2,1H3. The number of aryl methyl sites for hydroxylation is 1. The van der Waals surface area contributed by atoms with Gasteiger partial charge in [-0.2, -0.15) is 0 Å². The van der Waals surface area contributed by atoms with Gasteiger partial charge in [0.05, 0.1) is 0 Å². The molecule has 0 atom stereocenters. The van der Waals surface area contributed by atoms with Gasteiger partial charge >= 0.3 is 0 Å². The lowest BCUT2D eigenvalue weighted by Gasteiger charge is -2.20. The van der Waals surface area contributed by atoms with E-state index in [9.17, 15) is 0 Å². The van der Waals surface area contributed by atoms with Gasteiger partial charge in [-0.1, -0.05) is 12.1 Å². The van der Waals surface area contributed by atoms with Crippen LogP contribution in [0.2, 0.25) is 0 Å². The fraction of sp³-hybridized carbons (Fsp3) is 0.333. The first-order valence-electron chi connectivity index (χ1n) is 6.25. The van der Waals surface area contributed by atoms with Gasteiger partial charge in [-0.15, -0.1) is 0 Å². The molecule has 1 saturated heterocycles. The molecular formula is C15H17NO. The predicted molar refractivity (Wildman–Crippen MR) is 70.3 cm³/mol. The number of benzene rings is 1. The minimum Gasteiger partial charge on any atom is -0.461 e. The lowest BCUT2D eigenvalue weighted by atomic mass is 10.1. The van der Waals surface area contributed by atoms with Crippen LogP contribution >= 0.6 is 0 Å². The molecule has 2 aromatic rings. The van der Waals surface area contributed by atoms with E-state index in [-0.39, 0.29) is 0 Å². The molecule has 1 aliphatic heterocycles. The van der Waals surface area contributed by atoms with Crippen LogP contribution in [0.1, 0.15) is 18.6 Å². The van der Waals surface area contributed by atoms with Crippen LogP contribution in [0.4, 0.5) is 5.69 Å². The van der Waals surface area contributed by atoms with Crippen LogP contribution in [-0.2, 0) is 0 Å². The highest BCUT2D eigenvalue weighted by atomic mass is 16.3. The van der Waals surface area contributed by atoms with Crippen LogP contribution in [0, 0.1) is 6.92 Å². The molecule has 0 radical (unpaired) electrons. The quantitative estimate of drug-likeness (QED) is 0.774. The van der Waals surface area contributed by atoms with Gasteiger partial charge in [0.15, 0.2) is 0 Å². The van der Waals surface area contributed by atoms with Crippen molar-refractivity contribution < 1.29 is 4.42 Å². The number of para-hydroxylation sites is 1. The van der Waals surface area contributed by atoms with E-state index >= 15 is 0 Å². The van der Waals surface area contributed by atoms with E-state index in [1.165, 1.54) is 24.1 Å². The molecule has 0 saturated carbocycles. The Hall–Kier alpha value is -1.70. The van der Waals surface area contributed by atoms with Crippen molar-refractivity contribution in [3.63, 3.8) is 0 Å². The van der Waals surface area contributed by atoms with Crippen molar-refractivity contribution in [3.05, 3.63) is 42.2 Å². The van der Waals surface area contributed by atoms with Gasteiger partial charge in [0.2, 0.25) is 0 Å². The van der Waals surface area contributed by atoms with Gasteiger partial charge in [-0.3, -0.25) is 0 Å². The SMILES string of the molecule is Cc1ccc(-c2ccccc2N2CCCC2)o1. The molecule has 17 heavy (non-hydrogen) atoms. The number of hydrogen-bond acceptors (Lipinski definition) is 2. The second-order valence-electron chi connectivity index (χ2n) is 4.62. The Morgan fingerprint density at radius 2 is 1.76 bits per heavy atom. The highest BCUT2D eigenvalue weighted by Gasteiger charge is 2.17. The van der Waals surface area contributed by atoms with Crippen molar-refractivity contribution in [2.45, 2.75) is 19.8 Å². The predicted octanol–water partition coefficient (Wildman–Crippen LogP) is 3.86. The maximum absolute atomic E-state index is 5.74. The van der Waals surface area contributed by atoms with E-state index in [1.54, 1.807) is 0 Å². The van der Waals surface area contributed by atoms with E-state index in [1.807, 2.05) is 13.0 Å². The number of rotatable bonds is 2. The average Bonchev–Trinajstić information content (AvgIpc) is 3.00. The molecule has 2 heteroatoms. The Morgan fingerprint density at radius 1 is 1.00 bits per heavy atom. The van der Waals surface area contributed by atoms with Crippen molar-refractivity contribution in [1.82, 2.24) is 0 Å². The summed E-state index contributed by atoms with van der Waals surface area (Å²) in [4.78, 5) is 2.45. The zero-order valence-electron chi connectivity index (χ0n) is 10.1. The van der Waals surface area contributed by atoms with E-state index in [4.69, 9.17) is 4.42 Å². The Morgan fingerprint density at radius 3 is 2.47 bits per heavy atom. The first-order valence-corrected chi connectivity index (χ1v) is 6.25. The molecule has 88 valence electrons. The Balaban J connectivity index is 2.03. The minimum absolute atomic E-state index is 0.969. The Labute approximate surface area is 102 Å². The van der Waals surface area contributed by atoms with Crippen LogP contribution in [0.3, 0.4) is 0 Å². The van der Waals surface area contributed by atoms with Gasteiger partial charge in [0.25, 0.3) is 0 Å². The summed E-state index contributed by atoms with van der Waals surface area (Å²) in [6.45, 7) is 4.31. The molecule has 1 aromatic heterocycles. The molecule has 0 bridgehead atoms. The molecule has 0 unspecified atom stereocenters. The number of nitrogens with zero attached hydrogens (tertiary/aromatic N) is 1. The van der Waals surface area contributed by atoms with Crippen LogP contribution in [-0.4, -0.2) is 13.1 Å². The molecular weight excluding hydrogens is 210 g/mol. The van der Waals surface area contributed by atoms with Crippen LogP contribution < -0.4 is 4.90 Å². The fourth-order valence-electron chi connectivity index (χ4n) is 2.50. The molecule has 1 fully saturated rings. The summed E-state index contributed by atoms with van der Waals surface area (Å²) in [7, 11) is 0. The third kappa shape index (κ3) is 1.95. The van der Waals surface area contributed by atoms with Gasteiger partial charge in [0, 0.05) is 24.3 Å². The summed E-state index contributed by atoms with van der Waals surface area (Å²) >= 11 is 0. The van der Waals surface area contributed by atoms with Crippen molar-refractivity contribution in [3.8, 4) is 11.3 Å². The third-order valence-corrected chi connectivity index (χ3v) is 3.36. The van der Waals surface area contributed by atoms with E-state index in [0.29, 0.717) is 0 Å². The lowest BCUT2D eigenvalue weighted by Crippen LogP contribution is -2.18. The van der Waals surface area contributed by atoms with Crippen molar-refractivity contribution in [1.29, 1.82) is 0 Å². The van der Waals surface area contributed by atoms with Gasteiger partial charge in [-0.05, 0) is 44.0 Å². The average molecular weight is 227 g/mol. The Bertz CT molecular complexity index is 509. The second kappa shape index (κ2) is 4.28. The summed E-state index contributed by atoms with van der Waals surface area (Å²) in [6.07, 6.45) is 2.59. The summed E-state index contributed by atoms with van der Waals surface area (Å²) in [6, 6.07) is 12.6. The molecule has 0 amide bonds. The summed E-state index contributed by atoms with van der Waals surface area (Å²) in [5.74, 6) is 1.95. The fourth-order valence-corrected chi connectivity index (χ4v) is 2.50. The summed E-state index contributed by atoms with van der Waals surface area (Å²) < 4.78 is 5.74. The molecule has 2 heterocycles. The summed E-state index contributed by atoms with van der Waals surface area (Å²) in [5, 5.41) is 0. The largest absolute Gasteiger partial charge is 0.461 e. The smallest absolute Gasteiger partial charge is 0.136 e. The summed E-state index contributed by atoms with van der Waals surface area (Å²) in [5.41, 5.74) is 2.52. The highest BCUT2D eigenvalue weighted by molar-refractivity contribution is 5.75. The first kappa shape index (κ1) is 10.5. The van der Waals surface area contributed by atoms with Gasteiger partial charge < -0.3 is 9.32 Å². The molecule has 0 N–H and O–H groups in total. The minimum atomic E-state index is 0.969. The van der Waals surface area contributed by atoms with Crippen LogP contribution in [0.15, 0.2) is 40.8 Å². The first-order chi connectivity index (χ1) is 8.34. The lowest BCUT2D eigenvalue weighted by molar-refractivity contribution is 0.548. The van der Waals surface area contributed by atoms with Crippen molar-refractivity contribution >= 4 is 5.69 Å². The van der Waals surface area contributed by atoms with Crippen molar-refractivity contribution in [2.24, 2.45) is 0 Å². The Kier molecular flexibility index (Phi) is 2.63. The maximum atomic E-state index is 5.74. The molecule has 1 aromatic carbocycles. The van der Waals surface area contributed by atoms with Gasteiger partial charge in [0.1, 0.15) is 11.5 Å². The van der Waals surface area contributed by atoms with E-state index in [2.05, 4.69) is 35.2 Å². The zero-order valence-corrected chi connectivity index (χ0v) is 10.1.